The predicted molar refractivity (Wildman–Crippen MR) is 121 cm³/mol. The number of anilines is 1. The molecule has 0 aliphatic carbocycles. The number of ether oxygens (including phenoxy) is 3. The molecule has 0 aliphatic heterocycles. The molecule has 2 rings (SSSR count). The fraction of sp³-hybridized carbons (Fsp3) is 0.348. The van der Waals surface area contributed by atoms with Crippen LogP contribution in [-0.4, -0.2) is 44.7 Å². The topological polar surface area (TPSA) is 103 Å². The molecular formula is C23H27ClN2O6. The number of halogens is 1. The Labute approximate surface area is 192 Å². The van der Waals surface area contributed by atoms with Gasteiger partial charge in [0.15, 0.2) is 18.1 Å². The van der Waals surface area contributed by atoms with Crippen LogP contribution in [0.25, 0.3) is 0 Å². The summed E-state index contributed by atoms with van der Waals surface area (Å²) in [6.07, 6.45) is 0.357. The first-order chi connectivity index (χ1) is 15.2. The molecule has 0 aliphatic rings. The average molecular weight is 463 g/mol. The summed E-state index contributed by atoms with van der Waals surface area (Å²) < 4.78 is 15.5. The number of rotatable bonds is 10. The maximum absolute atomic E-state index is 12.6. The van der Waals surface area contributed by atoms with Gasteiger partial charge in [0, 0.05) is 22.3 Å². The number of carbonyl (C=O) groups excluding carboxylic acids is 3. The van der Waals surface area contributed by atoms with Crippen LogP contribution in [0.15, 0.2) is 42.5 Å². The molecule has 0 fully saturated rings. The van der Waals surface area contributed by atoms with Crippen molar-refractivity contribution in [3.63, 3.8) is 0 Å². The lowest BCUT2D eigenvalue weighted by atomic mass is 10.0. The number of carbonyl (C=O) groups is 3. The van der Waals surface area contributed by atoms with E-state index in [2.05, 4.69) is 10.6 Å². The number of esters is 1. The third-order valence-electron chi connectivity index (χ3n) is 4.42. The lowest BCUT2D eigenvalue weighted by Crippen LogP contribution is -2.43. The number of nitrogens with one attached hydrogen (secondary N) is 2. The van der Waals surface area contributed by atoms with Crippen molar-refractivity contribution in [2.75, 3.05) is 26.1 Å². The number of hydrogen-bond acceptors (Lipinski definition) is 6. The van der Waals surface area contributed by atoms with Crippen molar-refractivity contribution < 1.29 is 28.6 Å². The van der Waals surface area contributed by atoms with Crippen LogP contribution in [-0.2, 0) is 14.3 Å². The molecule has 2 amide bonds. The number of hydrogen-bond donors (Lipinski definition) is 2. The molecule has 2 N–H and O–H groups in total. The molecule has 0 aromatic heterocycles. The van der Waals surface area contributed by atoms with Crippen LogP contribution in [0.5, 0.6) is 11.5 Å². The SMILES string of the molecule is COc1ccc(NC(=O)COC(=O)C(CC(C)C)NC(=O)c2ccc(Cl)cc2)cc1OC. The zero-order chi connectivity index (χ0) is 23.7. The maximum Gasteiger partial charge on any atom is 0.329 e. The van der Waals surface area contributed by atoms with E-state index in [0.717, 1.165) is 0 Å². The summed E-state index contributed by atoms with van der Waals surface area (Å²) >= 11 is 5.85. The van der Waals surface area contributed by atoms with E-state index in [9.17, 15) is 14.4 Å². The number of methoxy groups -OCH3 is 2. The van der Waals surface area contributed by atoms with Gasteiger partial charge in [0.25, 0.3) is 11.8 Å². The number of amides is 2. The van der Waals surface area contributed by atoms with Crippen LogP contribution in [0.4, 0.5) is 5.69 Å². The Morgan fingerprint density at radius 2 is 1.62 bits per heavy atom. The van der Waals surface area contributed by atoms with Gasteiger partial charge in [0.2, 0.25) is 0 Å². The minimum atomic E-state index is -0.896. The Bertz CT molecular complexity index is 946. The summed E-state index contributed by atoms with van der Waals surface area (Å²) in [5, 5.41) is 5.79. The van der Waals surface area contributed by atoms with Gasteiger partial charge in [-0.25, -0.2) is 4.79 Å². The molecule has 1 atom stereocenters. The quantitative estimate of drug-likeness (QED) is 0.522. The lowest BCUT2D eigenvalue weighted by molar-refractivity contribution is -0.149. The summed E-state index contributed by atoms with van der Waals surface area (Å²) in [4.78, 5) is 37.3. The van der Waals surface area contributed by atoms with Gasteiger partial charge in [-0.05, 0) is 48.7 Å². The van der Waals surface area contributed by atoms with Crippen LogP contribution >= 0.6 is 11.6 Å². The fourth-order valence-corrected chi connectivity index (χ4v) is 3.00. The van der Waals surface area contributed by atoms with Crippen LogP contribution in [0.3, 0.4) is 0 Å². The summed E-state index contributed by atoms with van der Waals surface area (Å²) in [5.41, 5.74) is 0.820. The molecule has 8 nitrogen and oxygen atoms in total. The van der Waals surface area contributed by atoms with Crippen molar-refractivity contribution in [2.45, 2.75) is 26.3 Å². The van der Waals surface area contributed by atoms with Gasteiger partial charge in [-0.3, -0.25) is 9.59 Å². The second kappa shape index (κ2) is 12.0. The van der Waals surface area contributed by atoms with Crippen molar-refractivity contribution in [3.05, 3.63) is 53.1 Å². The standard InChI is InChI=1S/C23H27ClN2O6/c1-14(2)11-18(26-22(28)15-5-7-16(24)8-6-15)23(29)32-13-21(27)25-17-9-10-19(30-3)20(12-17)31-4/h5-10,12,14,18H,11,13H2,1-4H3,(H,25,27)(H,26,28). The Morgan fingerprint density at radius 1 is 0.969 bits per heavy atom. The Hall–Kier alpha value is -3.26. The molecule has 0 saturated heterocycles. The van der Waals surface area contributed by atoms with Gasteiger partial charge in [-0.2, -0.15) is 0 Å². The summed E-state index contributed by atoms with van der Waals surface area (Å²) in [5.74, 6) is -0.576. The first kappa shape index (κ1) is 25.0. The summed E-state index contributed by atoms with van der Waals surface area (Å²) in [6, 6.07) is 10.3. The normalized spacial score (nSPS) is 11.4. The molecule has 1 unspecified atom stereocenters. The highest BCUT2D eigenvalue weighted by Gasteiger charge is 2.25. The van der Waals surface area contributed by atoms with Crippen LogP contribution in [0, 0.1) is 5.92 Å². The Morgan fingerprint density at radius 3 is 2.22 bits per heavy atom. The Balaban J connectivity index is 1.96. The van der Waals surface area contributed by atoms with Crippen LogP contribution < -0.4 is 20.1 Å². The maximum atomic E-state index is 12.6. The molecule has 0 spiro atoms. The minimum absolute atomic E-state index is 0.110. The fourth-order valence-electron chi connectivity index (χ4n) is 2.88. The molecule has 0 radical (unpaired) electrons. The highest BCUT2D eigenvalue weighted by molar-refractivity contribution is 6.30. The van der Waals surface area contributed by atoms with E-state index < -0.39 is 30.4 Å². The van der Waals surface area contributed by atoms with Crippen molar-refractivity contribution >= 4 is 35.1 Å². The molecule has 0 heterocycles. The third-order valence-corrected chi connectivity index (χ3v) is 4.67. The predicted octanol–water partition coefficient (Wildman–Crippen LogP) is 3.68. The molecule has 2 aromatic carbocycles. The number of benzene rings is 2. The average Bonchev–Trinajstić information content (AvgIpc) is 2.76. The van der Waals surface area contributed by atoms with Crippen LogP contribution in [0.2, 0.25) is 5.02 Å². The minimum Gasteiger partial charge on any atom is -0.493 e. The van der Waals surface area contributed by atoms with E-state index in [1.807, 2.05) is 13.8 Å². The van der Waals surface area contributed by atoms with Crippen molar-refractivity contribution in [1.82, 2.24) is 5.32 Å². The Kier molecular flexibility index (Phi) is 9.34. The van der Waals surface area contributed by atoms with Gasteiger partial charge in [-0.1, -0.05) is 25.4 Å². The zero-order valence-corrected chi connectivity index (χ0v) is 19.2. The smallest absolute Gasteiger partial charge is 0.329 e. The first-order valence-corrected chi connectivity index (χ1v) is 10.4. The van der Waals surface area contributed by atoms with E-state index in [1.165, 1.54) is 14.2 Å². The molecule has 0 bridgehead atoms. The van der Waals surface area contributed by atoms with E-state index in [-0.39, 0.29) is 5.92 Å². The van der Waals surface area contributed by atoms with Crippen molar-refractivity contribution in [2.24, 2.45) is 5.92 Å². The van der Waals surface area contributed by atoms with E-state index in [1.54, 1.807) is 42.5 Å². The molecule has 0 saturated carbocycles. The summed E-state index contributed by atoms with van der Waals surface area (Å²) in [7, 11) is 2.99. The molecule has 9 heteroatoms. The van der Waals surface area contributed by atoms with Crippen LogP contribution in [0.1, 0.15) is 30.6 Å². The van der Waals surface area contributed by atoms with Gasteiger partial charge in [-0.15, -0.1) is 0 Å². The third kappa shape index (κ3) is 7.46. The monoisotopic (exact) mass is 462 g/mol. The van der Waals surface area contributed by atoms with E-state index >= 15 is 0 Å². The van der Waals surface area contributed by atoms with Gasteiger partial charge < -0.3 is 24.8 Å². The van der Waals surface area contributed by atoms with Crippen molar-refractivity contribution in [1.29, 1.82) is 0 Å². The van der Waals surface area contributed by atoms with Gasteiger partial charge in [0.1, 0.15) is 6.04 Å². The zero-order valence-electron chi connectivity index (χ0n) is 18.4. The molecule has 2 aromatic rings. The molecule has 32 heavy (non-hydrogen) atoms. The lowest BCUT2D eigenvalue weighted by Gasteiger charge is -2.19. The molecular weight excluding hydrogens is 436 g/mol. The van der Waals surface area contributed by atoms with Crippen molar-refractivity contribution in [3.8, 4) is 11.5 Å². The second-order valence-corrected chi connectivity index (χ2v) is 7.82. The van der Waals surface area contributed by atoms with E-state index in [0.29, 0.717) is 34.2 Å². The van der Waals surface area contributed by atoms with Gasteiger partial charge in [0.05, 0.1) is 14.2 Å². The summed E-state index contributed by atoms with van der Waals surface area (Å²) in [6.45, 7) is 3.33. The molecule has 172 valence electrons. The van der Waals surface area contributed by atoms with Gasteiger partial charge >= 0.3 is 5.97 Å². The van der Waals surface area contributed by atoms with E-state index in [4.69, 9.17) is 25.8 Å². The highest BCUT2D eigenvalue weighted by Crippen LogP contribution is 2.29. The second-order valence-electron chi connectivity index (χ2n) is 7.39. The highest BCUT2D eigenvalue weighted by atomic mass is 35.5. The first-order valence-electron chi connectivity index (χ1n) is 9.98. The largest absolute Gasteiger partial charge is 0.493 e.